The van der Waals surface area contributed by atoms with Crippen molar-refractivity contribution in [1.29, 1.82) is 0 Å². The van der Waals surface area contributed by atoms with Crippen molar-refractivity contribution in [3.8, 4) is 0 Å². The van der Waals surface area contributed by atoms with E-state index in [2.05, 4.69) is 26.2 Å². The molecule has 18 heavy (non-hydrogen) atoms. The number of nitrogens with one attached hydrogen (secondary N) is 1. The Morgan fingerprint density at radius 1 is 1.44 bits per heavy atom. The van der Waals surface area contributed by atoms with Gasteiger partial charge >= 0.3 is 0 Å². The number of carbonyl (C=O) groups excluding carboxylic acids is 1. The molecular formula is C12H10BrN3OS. The summed E-state index contributed by atoms with van der Waals surface area (Å²) in [5, 5.41) is 3.25. The molecule has 0 saturated heterocycles. The van der Waals surface area contributed by atoms with Crippen molar-refractivity contribution in [2.75, 3.05) is 11.1 Å². The van der Waals surface area contributed by atoms with E-state index in [4.69, 9.17) is 5.73 Å². The van der Waals surface area contributed by atoms with Gasteiger partial charge < -0.3 is 11.1 Å². The Kier molecular flexibility index (Phi) is 2.83. The fourth-order valence-electron chi connectivity index (χ4n) is 2.14. The molecular weight excluding hydrogens is 314 g/mol. The quantitative estimate of drug-likeness (QED) is 0.847. The first-order chi connectivity index (χ1) is 8.65. The van der Waals surface area contributed by atoms with Crippen LogP contribution in [-0.2, 0) is 4.79 Å². The maximum absolute atomic E-state index is 11.7. The molecule has 1 aliphatic rings. The summed E-state index contributed by atoms with van der Waals surface area (Å²) < 4.78 is 1.00. The lowest BCUT2D eigenvalue weighted by molar-refractivity contribution is -0.116. The number of carbonyl (C=O) groups is 1. The van der Waals surface area contributed by atoms with Gasteiger partial charge in [0.05, 0.1) is 4.88 Å². The molecule has 1 aromatic carbocycles. The standard InChI is InChI=1S/C12H10BrN3OS/c13-8-4-2-1-3-6(8)7-5-9(17)15-11-10(7)18-12(14)16-11/h1-4,7H,5H2,(H2,14,16)(H,15,17)/t7-/m1/s1. The molecule has 2 heterocycles. The van der Waals surface area contributed by atoms with Crippen LogP contribution in [0.3, 0.4) is 0 Å². The zero-order valence-corrected chi connectivity index (χ0v) is 11.7. The first-order valence-corrected chi connectivity index (χ1v) is 7.06. The second-order valence-corrected chi connectivity index (χ2v) is 6.01. The van der Waals surface area contributed by atoms with E-state index in [1.54, 1.807) is 0 Å². The predicted molar refractivity (Wildman–Crippen MR) is 75.8 cm³/mol. The molecule has 0 bridgehead atoms. The average Bonchev–Trinajstić information content (AvgIpc) is 2.69. The highest BCUT2D eigenvalue weighted by atomic mass is 79.9. The number of nitrogen functional groups attached to an aromatic ring is 1. The molecule has 1 aliphatic heterocycles. The Bertz CT molecular complexity index is 626. The summed E-state index contributed by atoms with van der Waals surface area (Å²) >= 11 is 4.97. The molecule has 2 aromatic rings. The van der Waals surface area contributed by atoms with Crippen LogP contribution in [0.5, 0.6) is 0 Å². The van der Waals surface area contributed by atoms with Gasteiger partial charge in [-0.05, 0) is 11.6 Å². The number of benzene rings is 1. The number of amides is 1. The summed E-state index contributed by atoms with van der Waals surface area (Å²) in [6.07, 6.45) is 0.428. The minimum Gasteiger partial charge on any atom is -0.375 e. The number of aromatic nitrogens is 1. The van der Waals surface area contributed by atoms with Gasteiger partial charge in [-0.3, -0.25) is 4.79 Å². The van der Waals surface area contributed by atoms with Gasteiger partial charge in [0.25, 0.3) is 0 Å². The van der Waals surface area contributed by atoms with Gasteiger partial charge in [-0.25, -0.2) is 4.98 Å². The van der Waals surface area contributed by atoms with Crippen molar-refractivity contribution in [3.05, 3.63) is 39.2 Å². The summed E-state index contributed by atoms with van der Waals surface area (Å²) in [5.41, 5.74) is 6.82. The van der Waals surface area contributed by atoms with Crippen molar-refractivity contribution in [2.45, 2.75) is 12.3 Å². The maximum Gasteiger partial charge on any atom is 0.226 e. The van der Waals surface area contributed by atoms with Crippen LogP contribution in [0.25, 0.3) is 0 Å². The molecule has 3 rings (SSSR count). The molecule has 6 heteroatoms. The second-order valence-electron chi connectivity index (χ2n) is 4.09. The van der Waals surface area contributed by atoms with Gasteiger partial charge in [-0.15, -0.1) is 0 Å². The molecule has 0 spiro atoms. The van der Waals surface area contributed by atoms with Crippen LogP contribution in [0.1, 0.15) is 22.8 Å². The third-order valence-electron chi connectivity index (χ3n) is 2.91. The Morgan fingerprint density at radius 2 is 2.22 bits per heavy atom. The number of thiazole rings is 1. The van der Waals surface area contributed by atoms with Gasteiger partial charge in [0.15, 0.2) is 5.13 Å². The average molecular weight is 324 g/mol. The lowest BCUT2D eigenvalue weighted by atomic mass is 9.92. The molecule has 1 aromatic heterocycles. The van der Waals surface area contributed by atoms with E-state index in [9.17, 15) is 4.79 Å². The van der Waals surface area contributed by atoms with Crippen LogP contribution >= 0.6 is 27.3 Å². The Balaban J connectivity index is 2.13. The summed E-state index contributed by atoms with van der Waals surface area (Å²) in [5.74, 6) is 0.613. The van der Waals surface area contributed by atoms with Crippen LogP contribution in [0.4, 0.5) is 10.9 Å². The number of anilines is 2. The molecule has 1 amide bonds. The molecule has 0 radical (unpaired) electrons. The number of nitrogens with zero attached hydrogens (tertiary/aromatic N) is 1. The molecule has 92 valence electrons. The van der Waals surface area contributed by atoms with E-state index in [0.29, 0.717) is 17.4 Å². The fraction of sp³-hybridized carbons (Fsp3) is 0.167. The molecule has 0 fully saturated rings. The van der Waals surface area contributed by atoms with Crippen LogP contribution in [0, 0.1) is 0 Å². The topological polar surface area (TPSA) is 68.0 Å². The summed E-state index contributed by atoms with van der Waals surface area (Å²) in [7, 11) is 0. The number of nitrogens with two attached hydrogens (primary N) is 1. The number of fused-ring (bicyclic) bond motifs is 1. The number of hydrogen-bond donors (Lipinski definition) is 2. The van der Waals surface area contributed by atoms with E-state index >= 15 is 0 Å². The van der Waals surface area contributed by atoms with E-state index in [1.165, 1.54) is 11.3 Å². The largest absolute Gasteiger partial charge is 0.375 e. The van der Waals surface area contributed by atoms with Crippen LogP contribution in [0.15, 0.2) is 28.7 Å². The highest BCUT2D eigenvalue weighted by Gasteiger charge is 2.30. The van der Waals surface area contributed by atoms with Gasteiger partial charge in [-0.1, -0.05) is 45.5 Å². The zero-order chi connectivity index (χ0) is 12.7. The molecule has 4 nitrogen and oxygen atoms in total. The third-order valence-corrected chi connectivity index (χ3v) is 4.63. The first kappa shape index (κ1) is 11.7. The SMILES string of the molecule is Nc1nc2c(s1)[C@@H](c1ccccc1Br)CC(=O)N2. The fourth-order valence-corrected chi connectivity index (χ4v) is 3.61. The number of rotatable bonds is 1. The van der Waals surface area contributed by atoms with Crippen LogP contribution < -0.4 is 11.1 Å². The monoisotopic (exact) mass is 323 g/mol. The highest BCUT2D eigenvalue weighted by Crippen LogP contribution is 2.43. The maximum atomic E-state index is 11.7. The molecule has 0 aliphatic carbocycles. The van der Waals surface area contributed by atoms with Crippen molar-refractivity contribution in [3.63, 3.8) is 0 Å². The number of hydrogen-bond acceptors (Lipinski definition) is 4. The minimum absolute atomic E-state index is 0.0199. The second kappa shape index (κ2) is 4.37. The Labute approximate surface area is 116 Å². The summed E-state index contributed by atoms with van der Waals surface area (Å²) in [6, 6.07) is 7.92. The molecule has 3 N–H and O–H groups in total. The van der Waals surface area contributed by atoms with Gasteiger partial charge in [-0.2, -0.15) is 0 Å². The van der Waals surface area contributed by atoms with E-state index < -0.39 is 0 Å². The molecule has 0 unspecified atom stereocenters. The molecule has 1 atom stereocenters. The van der Waals surface area contributed by atoms with Gasteiger partial charge in [0.1, 0.15) is 5.82 Å². The Morgan fingerprint density at radius 3 is 3.00 bits per heavy atom. The number of halogens is 1. The normalized spacial score (nSPS) is 18.3. The highest BCUT2D eigenvalue weighted by molar-refractivity contribution is 9.10. The van der Waals surface area contributed by atoms with Crippen molar-refractivity contribution in [2.24, 2.45) is 0 Å². The summed E-state index contributed by atoms with van der Waals surface area (Å²) in [6.45, 7) is 0. The molecule has 0 saturated carbocycles. The lowest BCUT2D eigenvalue weighted by Crippen LogP contribution is -2.22. The van der Waals surface area contributed by atoms with Gasteiger partial charge in [0.2, 0.25) is 5.91 Å². The van der Waals surface area contributed by atoms with Crippen molar-refractivity contribution >= 4 is 44.1 Å². The summed E-state index contributed by atoms with van der Waals surface area (Å²) in [4.78, 5) is 16.9. The van der Waals surface area contributed by atoms with Crippen LogP contribution in [0.2, 0.25) is 0 Å². The predicted octanol–water partition coefficient (Wildman–Crippen LogP) is 2.96. The minimum atomic E-state index is -0.0199. The smallest absolute Gasteiger partial charge is 0.226 e. The van der Waals surface area contributed by atoms with E-state index in [0.717, 1.165) is 14.9 Å². The van der Waals surface area contributed by atoms with E-state index in [1.807, 2.05) is 24.3 Å². The van der Waals surface area contributed by atoms with Crippen molar-refractivity contribution in [1.82, 2.24) is 4.98 Å². The van der Waals surface area contributed by atoms with Crippen molar-refractivity contribution < 1.29 is 4.79 Å². The Hall–Kier alpha value is -1.40. The van der Waals surface area contributed by atoms with Gasteiger partial charge in [0, 0.05) is 16.8 Å². The first-order valence-electron chi connectivity index (χ1n) is 5.45. The van der Waals surface area contributed by atoms with Crippen LogP contribution in [-0.4, -0.2) is 10.9 Å². The van der Waals surface area contributed by atoms with E-state index in [-0.39, 0.29) is 11.8 Å². The third kappa shape index (κ3) is 1.91. The lowest BCUT2D eigenvalue weighted by Gasteiger charge is -2.22. The zero-order valence-electron chi connectivity index (χ0n) is 9.31.